The maximum Gasteiger partial charge on any atom is 0.254 e. The lowest BCUT2D eigenvalue weighted by molar-refractivity contribution is 0.0460. The zero-order valence-corrected chi connectivity index (χ0v) is 15.1. The predicted molar refractivity (Wildman–Crippen MR) is 101 cm³/mol. The molecule has 2 aromatic carbocycles. The van der Waals surface area contributed by atoms with Crippen molar-refractivity contribution >= 4 is 11.6 Å². The molecule has 4 nitrogen and oxygen atoms in total. The lowest BCUT2D eigenvalue weighted by atomic mass is 9.93. The number of likely N-dealkylation sites (N-methyl/N-ethyl adjacent to an activating group) is 1. The van der Waals surface area contributed by atoms with E-state index in [1.807, 2.05) is 29.2 Å². The number of piperazine rings is 1. The van der Waals surface area contributed by atoms with Crippen molar-refractivity contribution in [3.8, 4) is 0 Å². The number of carbonyl (C=O) groups excluding carboxylic acids is 1. The molecule has 2 aromatic rings. The minimum Gasteiger partial charge on any atom is -0.369 e. The van der Waals surface area contributed by atoms with Crippen molar-refractivity contribution in [2.45, 2.75) is 12.5 Å². The zero-order valence-electron chi connectivity index (χ0n) is 15.1. The third kappa shape index (κ3) is 3.31. The van der Waals surface area contributed by atoms with Crippen LogP contribution in [0, 0.1) is 5.82 Å². The summed E-state index contributed by atoms with van der Waals surface area (Å²) >= 11 is 0. The highest BCUT2D eigenvalue weighted by atomic mass is 19.1. The van der Waals surface area contributed by atoms with E-state index in [1.54, 1.807) is 12.1 Å². The molecule has 26 heavy (non-hydrogen) atoms. The minimum absolute atomic E-state index is 0.0514. The first-order valence-corrected chi connectivity index (χ1v) is 9.22. The summed E-state index contributed by atoms with van der Waals surface area (Å²) in [5, 5.41) is 0. The molecule has 2 fully saturated rings. The number of benzene rings is 2. The lowest BCUT2D eigenvalue weighted by Crippen LogP contribution is -2.45. The summed E-state index contributed by atoms with van der Waals surface area (Å²) in [4.78, 5) is 19.4. The van der Waals surface area contributed by atoms with E-state index in [4.69, 9.17) is 0 Å². The van der Waals surface area contributed by atoms with Gasteiger partial charge in [-0.3, -0.25) is 4.79 Å². The normalized spacial score (nSPS) is 20.8. The second-order valence-electron chi connectivity index (χ2n) is 7.19. The first kappa shape index (κ1) is 17.0. The van der Waals surface area contributed by atoms with Gasteiger partial charge in [0.1, 0.15) is 5.82 Å². The Balaban J connectivity index is 1.44. The van der Waals surface area contributed by atoms with Crippen molar-refractivity contribution in [2.24, 2.45) is 0 Å². The van der Waals surface area contributed by atoms with Crippen LogP contribution in [0.1, 0.15) is 28.4 Å². The SMILES string of the molecule is CN1CCN(c2ccc(C(=O)N3CC[C@H]3c3ccc(F)cc3)cc2)CC1. The van der Waals surface area contributed by atoms with Crippen LogP contribution >= 0.6 is 0 Å². The van der Waals surface area contributed by atoms with Crippen molar-refractivity contribution in [3.63, 3.8) is 0 Å². The Morgan fingerprint density at radius 3 is 2.15 bits per heavy atom. The summed E-state index contributed by atoms with van der Waals surface area (Å²) in [5.74, 6) is -0.194. The summed E-state index contributed by atoms with van der Waals surface area (Å²) in [6.07, 6.45) is 0.927. The van der Waals surface area contributed by atoms with Crippen LogP contribution < -0.4 is 4.90 Å². The Morgan fingerprint density at radius 2 is 1.58 bits per heavy atom. The summed E-state index contributed by atoms with van der Waals surface area (Å²) < 4.78 is 13.1. The highest BCUT2D eigenvalue weighted by Gasteiger charge is 2.33. The third-order valence-corrected chi connectivity index (χ3v) is 5.52. The summed E-state index contributed by atoms with van der Waals surface area (Å²) in [6, 6.07) is 14.5. The first-order valence-electron chi connectivity index (χ1n) is 9.22. The van der Waals surface area contributed by atoms with Gasteiger partial charge in [-0.15, -0.1) is 0 Å². The van der Waals surface area contributed by atoms with Crippen molar-refractivity contribution in [3.05, 3.63) is 65.5 Å². The molecule has 0 N–H and O–H groups in total. The maximum absolute atomic E-state index is 13.1. The van der Waals surface area contributed by atoms with Gasteiger partial charge in [-0.2, -0.15) is 0 Å². The van der Waals surface area contributed by atoms with E-state index in [1.165, 1.54) is 17.8 Å². The second kappa shape index (κ2) is 7.08. The van der Waals surface area contributed by atoms with Gasteiger partial charge in [0.2, 0.25) is 0 Å². The molecule has 2 aliphatic heterocycles. The zero-order chi connectivity index (χ0) is 18.1. The first-order chi connectivity index (χ1) is 12.6. The average Bonchev–Trinajstić information content (AvgIpc) is 2.63. The quantitative estimate of drug-likeness (QED) is 0.848. The summed E-state index contributed by atoms with van der Waals surface area (Å²) in [5.41, 5.74) is 2.89. The number of halogens is 1. The van der Waals surface area contributed by atoms with E-state index in [0.29, 0.717) is 0 Å². The summed E-state index contributed by atoms with van der Waals surface area (Å²) in [7, 11) is 2.14. The predicted octanol–water partition coefficient (Wildman–Crippen LogP) is 3.16. The Bertz CT molecular complexity index is 767. The summed E-state index contributed by atoms with van der Waals surface area (Å²) in [6.45, 7) is 4.91. The lowest BCUT2D eigenvalue weighted by Gasteiger charge is -2.41. The van der Waals surface area contributed by atoms with Gasteiger partial charge < -0.3 is 14.7 Å². The highest BCUT2D eigenvalue weighted by Crippen LogP contribution is 2.34. The van der Waals surface area contributed by atoms with Gasteiger partial charge in [0, 0.05) is 44.0 Å². The standard InChI is InChI=1S/C21H24FN3O/c1-23-12-14-24(15-13-23)19-8-4-17(5-9-19)21(26)25-11-10-20(25)16-2-6-18(22)7-3-16/h2-9,20H,10-15H2,1H3/t20-/m0/s1. The van der Waals surface area contributed by atoms with Crippen LogP contribution in [0.15, 0.2) is 48.5 Å². The molecule has 0 bridgehead atoms. The number of nitrogens with zero attached hydrogens (tertiary/aromatic N) is 3. The van der Waals surface area contributed by atoms with Crippen molar-refractivity contribution < 1.29 is 9.18 Å². The molecule has 0 saturated carbocycles. The van der Waals surface area contributed by atoms with Gasteiger partial charge in [-0.05, 0) is 55.4 Å². The molecule has 2 saturated heterocycles. The molecule has 0 spiro atoms. The number of rotatable bonds is 3. The molecule has 0 aliphatic carbocycles. The Hall–Kier alpha value is -2.40. The molecule has 136 valence electrons. The molecular weight excluding hydrogens is 329 g/mol. The van der Waals surface area contributed by atoms with Gasteiger partial charge in [0.15, 0.2) is 0 Å². The van der Waals surface area contributed by atoms with E-state index < -0.39 is 0 Å². The number of likely N-dealkylation sites (tertiary alicyclic amines) is 1. The Kier molecular flexibility index (Phi) is 4.64. The number of anilines is 1. The second-order valence-corrected chi connectivity index (χ2v) is 7.19. The topological polar surface area (TPSA) is 26.8 Å². The van der Waals surface area contributed by atoms with Crippen LogP contribution in [0.2, 0.25) is 0 Å². The fourth-order valence-electron chi connectivity index (χ4n) is 3.71. The van der Waals surface area contributed by atoms with Crippen LogP contribution in [-0.2, 0) is 0 Å². The van der Waals surface area contributed by atoms with Crippen LogP contribution in [0.5, 0.6) is 0 Å². The van der Waals surface area contributed by atoms with E-state index in [9.17, 15) is 9.18 Å². The van der Waals surface area contributed by atoms with E-state index in [0.717, 1.165) is 50.3 Å². The molecule has 4 rings (SSSR count). The van der Waals surface area contributed by atoms with E-state index in [2.05, 4.69) is 16.8 Å². The number of carbonyl (C=O) groups is 1. The fraction of sp³-hybridized carbons (Fsp3) is 0.381. The average molecular weight is 353 g/mol. The highest BCUT2D eigenvalue weighted by molar-refractivity contribution is 5.95. The van der Waals surface area contributed by atoms with Crippen LogP contribution in [0.3, 0.4) is 0 Å². The molecule has 2 heterocycles. The molecule has 5 heteroatoms. The van der Waals surface area contributed by atoms with Gasteiger partial charge in [0.05, 0.1) is 6.04 Å². The van der Waals surface area contributed by atoms with Gasteiger partial charge >= 0.3 is 0 Å². The van der Waals surface area contributed by atoms with Crippen molar-refractivity contribution in [1.29, 1.82) is 0 Å². The monoisotopic (exact) mass is 353 g/mol. The van der Waals surface area contributed by atoms with Gasteiger partial charge in [0.25, 0.3) is 5.91 Å². The molecule has 2 aliphatic rings. The number of hydrogen-bond acceptors (Lipinski definition) is 3. The van der Waals surface area contributed by atoms with Crippen LogP contribution in [0.4, 0.5) is 10.1 Å². The van der Waals surface area contributed by atoms with E-state index >= 15 is 0 Å². The fourth-order valence-corrected chi connectivity index (χ4v) is 3.71. The van der Waals surface area contributed by atoms with Crippen molar-refractivity contribution in [1.82, 2.24) is 9.80 Å². The molecular formula is C21H24FN3O. The smallest absolute Gasteiger partial charge is 0.254 e. The van der Waals surface area contributed by atoms with Gasteiger partial charge in [-0.1, -0.05) is 12.1 Å². The Labute approximate surface area is 153 Å². The van der Waals surface area contributed by atoms with Gasteiger partial charge in [-0.25, -0.2) is 4.39 Å². The Morgan fingerprint density at radius 1 is 0.923 bits per heavy atom. The molecule has 1 atom stereocenters. The maximum atomic E-state index is 13.1. The van der Waals surface area contributed by atoms with Crippen LogP contribution in [0.25, 0.3) is 0 Å². The third-order valence-electron chi connectivity index (χ3n) is 5.52. The molecule has 0 radical (unpaired) electrons. The molecule has 1 amide bonds. The molecule has 0 unspecified atom stereocenters. The van der Waals surface area contributed by atoms with E-state index in [-0.39, 0.29) is 17.8 Å². The molecule has 0 aromatic heterocycles. The largest absolute Gasteiger partial charge is 0.369 e. The number of hydrogen-bond donors (Lipinski definition) is 0. The van der Waals surface area contributed by atoms with Crippen molar-refractivity contribution in [2.75, 3.05) is 44.7 Å². The number of amides is 1. The van der Waals surface area contributed by atoms with Crippen LogP contribution in [-0.4, -0.2) is 55.5 Å². The minimum atomic E-state index is -0.245.